The topological polar surface area (TPSA) is 359 Å². The number of nitrogens with zero attached hydrogens (tertiary/aromatic N) is 10. The van der Waals surface area contributed by atoms with E-state index in [4.69, 9.17) is 78.3 Å². The molecule has 0 spiro atoms. The number of amides is 4. The fourth-order valence-corrected chi connectivity index (χ4v) is 11.1. The number of halogens is 4. The third-order valence-corrected chi connectivity index (χ3v) is 16.4. The number of piperazine rings is 1. The lowest BCUT2D eigenvalue weighted by Gasteiger charge is -2.34. The van der Waals surface area contributed by atoms with Crippen LogP contribution in [0.3, 0.4) is 0 Å². The maximum absolute atomic E-state index is 14.0. The van der Waals surface area contributed by atoms with Gasteiger partial charge in [0.05, 0.1) is 175 Å². The molecule has 4 amide bonds. The van der Waals surface area contributed by atoms with Crippen molar-refractivity contribution in [3.63, 3.8) is 0 Å². The fraction of sp³-hybridized carbons (Fsp3) is 0.535. The van der Waals surface area contributed by atoms with Crippen LogP contribution in [0.2, 0.25) is 0 Å². The van der Waals surface area contributed by atoms with Crippen molar-refractivity contribution in [2.75, 3.05) is 196 Å². The number of hydrogen-bond donors (Lipinski definition) is 4. The van der Waals surface area contributed by atoms with Crippen LogP contribution in [0.1, 0.15) is 79.8 Å². The van der Waals surface area contributed by atoms with Crippen molar-refractivity contribution in [3.8, 4) is 17.2 Å². The number of benzene rings is 3. The van der Waals surface area contributed by atoms with Crippen molar-refractivity contribution < 1.29 is 103 Å². The van der Waals surface area contributed by atoms with Gasteiger partial charge in [-0.3, -0.25) is 48.9 Å². The molecule has 6 N–H and O–H groups in total. The van der Waals surface area contributed by atoms with Crippen molar-refractivity contribution in [3.05, 3.63) is 112 Å². The third-order valence-electron chi connectivity index (χ3n) is 16.4. The zero-order chi connectivity index (χ0) is 76.5. The van der Waals surface area contributed by atoms with Gasteiger partial charge in [-0.25, -0.2) is 18.7 Å². The number of allylic oxidation sites excluding steroid dienone is 2. The highest BCUT2D eigenvalue weighted by molar-refractivity contribution is 6.05. The van der Waals surface area contributed by atoms with Gasteiger partial charge in [-0.05, 0) is 70.5 Å². The van der Waals surface area contributed by atoms with E-state index < -0.39 is 65.0 Å². The van der Waals surface area contributed by atoms with Crippen LogP contribution >= 0.6 is 0 Å². The summed E-state index contributed by atoms with van der Waals surface area (Å²) in [6, 6.07) is 9.58. The second-order valence-corrected chi connectivity index (χ2v) is 24.1. The number of carbonyl (C=O) groups is 5. The predicted molar refractivity (Wildman–Crippen MR) is 381 cm³/mol. The highest BCUT2D eigenvalue weighted by Gasteiger charge is 2.27. The van der Waals surface area contributed by atoms with Crippen LogP contribution in [0.15, 0.2) is 54.6 Å². The summed E-state index contributed by atoms with van der Waals surface area (Å²) in [7, 11) is 1.46. The number of imidazole rings is 2. The summed E-state index contributed by atoms with van der Waals surface area (Å²) in [6.07, 6.45) is 3.95. The first-order valence-electron chi connectivity index (χ1n) is 35.3. The number of nitrogens with one attached hydrogen (secondary N) is 2. The van der Waals surface area contributed by atoms with E-state index in [0.717, 1.165) is 39.3 Å². The van der Waals surface area contributed by atoms with Crippen molar-refractivity contribution in [2.24, 2.45) is 11.5 Å². The summed E-state index contributed by atoms with van der Waals surface area (Å²) >= 11 is 0. The number of ether oxygens (including phenoxy) is 13. The summed E-state index contributed by atoms with van der Waals surface area (Å²) in [6.45, 7) is 20.9. The minimum atomic E-state index is -1.81. The van der Waals surface area contributed by atoms with Crippen LogP contribution in [0, 0.1) is 37.1 Å². The molecule has 0 radical (unpaired) electrons. The van der Waals surface area contributed by atoms with E-state index in [1.807, 2.05) is 26.0 Å². The molecule has 8 rings (SSSR count). The number of fused-ring (bicyclic) bond motifs is 2. The number of rotatable bonds is 52. The molecule has 1 aliphatic rings. The maximum atomic E-state index is 14.0. The number of hydrogen-bond acceptors (Lipinski definition) is 24. The first kappa shape index (κ1) is 83.6. The van der Waals surface area contributed by atoms with Crippen LogP contribution in [-0.2, 0) is 78.3 Å². The van der Waals surface area contributed by atoms with Gasteiger partial charge in [-0.2, -0.15) is 19.0 Å². The summed E-state index contributed by atoms with van der Waals surface area (Å²) in [5.41, 5.74) is 15.6. The summed E-state index contributed by atoms with van der Waals surface area (Å²) < 4.78 is 132. The molecule has 107 heavy (non-hydrogen) atoms. The second-order valence-electron chi connectivity index (χ2n) is 24.1. The smallest absolute Gasteiger partial charge is 0.313 e. The third kappa shape index (κ3) is 25.8. The molecule has 7 aromatic rings. The Kier molecular flexibility index (Phi) is 34.6. The summed E-state index contributed by atoms with van der Waals surface area (Å²) in [5, 5.41) is 14.8. The molecule has 1 aliphatic heterocycles. The van der Waals surface area contributed by atoms with Crippen LogP contribution in [0.5, 0.6) is 17.2 Å². The molecule has 1 saturated heterocycles. The molecular formula is C71H96F4N14O18. The number of nitrogens with two attached hydrogens (primary N) is 2. The van der Waals surface area contributed by atoms with Gasteiger partial charge in [0.1, 0.15) is 33.9 Å². The van der Waals surface area contributed by atoms with Crippen LogP contribution in [-0.4, -0.2) is 263 Å². The lowest BCUT2D eigenvalue weighted by atomic mass is 10.1. The Bertz CT molecular complexity index is 4020. The van der Waals surface area contributed by atoms with Gasteiger partial charge in [-0.15, -0.1) is 0 Å². The molecule has 5 heterocycles. The van der Waals surface area contributed by atoms with Crippen LogP contribution in [0.25, 0.3) is 22.1 Å². The van der Waals surface area contributed by atoms with Crippen molar-refractivity contribution >= 4 is 63.6 Å². The molecule has 0 atom stereocenters. The number of aromatic nitrogens is 8. The molecule has 4 aromatic heterocycles. The molecule has 3 aromatic carbocycles. The normalized spacial score (nSPS) is 12.9. The average molecular weight is 1510 g/mol. The van der Waals surface area contributed by atoms with E-state index in [-0.39, 0.29) is 68.6 Å². The Hall–Kier alpha value is -9.05. The van der Waals surface area contributed by atoms with Gasteiger partial charge >= 0.3 is 5.97 Å². The molecule has 0 bridgehead atoms. The Morgan fingerprint density at radius 1 is 0.486 bits per heavy atom. The fourth-order valence-electron chi connectivity index (χ4n) is 11.1. The molecule has 0 unspecified atom stereocenters. The SMILES string of the molecule is CCn1nc(C)cc1C(=O)Nc1nc2cc(C(N)=O)cc(OC)c2n1C/C=C/Cn1c(NC(=O)c2cc(C)nn2CC)nc2cc(C(N)=O)cc(OCCCN3CCN(CCOCCOCCOCCOCCOCCOCCOCCOCCOCCOCCC(=O)Oc4c(F)c(F)cc(F)c4F)CC3)c21. The van der Waals surface area contributed by atoms with E-state index in [9.17, 15) is 41.5 Å². The molecule has 0 aliphatic carbocycles. The zero-order valence-electron chi connectivity index (χ0n) is 61.0. The van der Waals surface area contributed by atoms with E-state index in [1.54, 1.807) is 56.6 Å². The molecular weight excluding hydrogens is 1410 g/mol. The zero-order valence-corrected chi connectivity index (χ0v) is 61.0. The predicted octanol–water partition coefficient (Wildman–Crippen LogP) is 5.51. The lowest BCUT2D eigenvalue weighted by molar-refractivity contribution is -0.136. The Labute approximate surface area is 615 Å². The van der Waals surface area contributed by atoms with E-state index in [1.165, 1.54) is 19.2 Å². The largest absolute Gasteiger partial charge is 0.494 e. The van der Waals surface area contributed by atoms with Crippen LogP contribution < -0.4 is 36.3 Å². The number of methoxy groups -OCH3 is 1. The van der Waals surface area contributed by atoms with Crippen LogP contribution in [0.4, 0.5) is 29.5 Å². The first-order chi connectivity index (χ1) is 51.9. The monoisotopic (exact) mass is 1510 g/mol. The number of carbonyl (C=O) groups excluding carboxylic acids is 5. The minimum Gasteiger partial charge on any atom is -0.494 e. The van der Waals surface area contributed by atoms with Gasteiger partial charge < -0.3 is 87.1 Å². The Morgan fingerprint density at radius 3 is 1.25 bits per heavy atom. The minimum absolute atomic E-state index is 0.0133. The van der Waals surface area contributed by atoms with Gasteiger partial charge in [0.25, 0.3) is 11.8 Å². The van der Waals surface area contributed by atoms with Crippen molar-refractivity contribution in [1.29, 1.82) is 0 Å². The number of anilines is 2. The van der Waals surface area contributed by atoms with Gasteiger partial charge in [-0.1, -0.05) is 12.2 Å². The molecule has 0 saturated carbocycles. The highest BCUT2D eigenvalue weighted by Crippen LogP contribution is 2.34. The van der Waals surface area contributed by atoms with E-state index in [2.05, 4.69) is 35.4 Å². The molecule has 36 heteroatoms. The quantitative estimate of drug-likeness (QED) is 0.00912. The standard InChI is InChI=1S/C71H96F4N14O18/c1-6-88-56(41-48(3)82-88)68(93)80-70-78-54-43-50(66(76)91)45-58(95-5)63(54)86(70)13-8-9-14-87-64-55(79-71(87)81-69(94)57-42-49(4)83-89(57)7-2)44-51(67(77)92)46-59(64)106-20-10-12-84-15-17-85(18-16-84)19-22-97-24-26-99-28-30-101-32-34-103-36-38-105-40-39-104-37-35-102-33-31-100-29-27-98-25-23-96-21-11-60(90)107-65-61(74)52(72)47-53(73)62(65)75/h8-9,41-47H,6-7,10-40H2,1-5H3,(H2,76,91)(H2,77,92)(H,78,80,93)(H,79,81,94)/b9-8+. The van der Waals surface area contributed by atoms with E-state index >= 15 is 0 Å². The van der Waals surface area contributed by atoms with E-state index in [0.29, 0.717) is 188 Å². The number of esters is 1. The Balaban J connectivity index is 0.659. The second kappa shape index (κ2) is 44.3. The van der Waals surface area contributed by atoms with Gasteiger partial charge in [0.2, 0.25) is 41.1 Å². The first-order valence-corrected chi connectivity index (χ1v) is 35.3. The van der Waals surface area contributed by atoms with Gasteiger partial charge in [0, 0.05) is 82.6 Å². The molecule has 1 fully saturated rings. The number of aryl methyl sites for hydroxylation is 4. The Morgan fingerprint density at radius 2 is 0.860 bits per heavy atom. The maximum Gasteiger partial charge on any atom is 0.313 e. The molecule has 586 valence electrons. The number of primary amides is 2. The summed E-state index contributed by atoms with van der Waals surface area (Å²) in [5.74, 6) is -10.9. The van der Waals surface area contributed by atoms with Crippen molar-refractivity contribution in [1.82, 2.24) is 48.5 Å². The average Bonchev–Trinajstić information content (AvgIpc) is 1.63. The summed E-state index contributed by atoms with van der Waals surface area (Å²) in [4.78, 5) is 79.2. The van der Waals surface area contributed by atoms with Crippen molar-refractivity contribution in [2.45, 2.75) is 66.7 Å². The highest BCUT2D eigenvalue weighted by atomic mass is 19.2. The molecule has 32 nitrogen and oxygen atoms in total. The van der Waals surface area contributed by atoms with Gasteiger partial charge in [0.15, 0.2) is 11.6 Å². The lowest BCUT2D eigenvalue weighted by Crippen LogP contribution is -2.47.